The molecule has 2 aromatic heterocycles. The lowest BCUT2D eigenvalue weighted by atomic mass is 9.92. The van der Waals surface area contributed by atoms with E-state index in [0.717, 1.165) is 33.2 Å². The van der Waals surface area contributed by atoms with Crippen LogP contribution >= 0.6 is 11.3 Å². The lowest BCUT2D eigenvalue weighted by molar-refractivity contribution is -0.117. The molecule has 1 aliphatic rings. The smallest absolute Gasteiger partial charge is 0.264 e. The minimum Gasteiger partial charge on any atom is -0.461 e. The van der Waals surface area contributed by atoms with Gasteiger partial charge in [-0.25, -0.2) is 0 Å². The summed E-state index contributed by atoms with van der Waals surface area (Å²) in [5.41, 5.74) is 2.65. The van der Waals surface area contributed by atoms with Crippen LogP contribution in [0.1, 0.15) is 48.2 Å². The van der Waals surface area contributed by atoms with Crippen LogP contribution in [0.25, 0.3) is 11.3 Å². The highest BCUT2D eigenvalue weighted by molar-refractivity contribution is 7.12. The van der Waals surface area contributed by atoms with E-state index in [2.05, 4.69) is 5.32 Å². The molecule has 1 aliphatic heterocycles. The largest absolute Gasteiger partial charge is 0.461 e. The summed E-state index contributed by atoms with van der Waals surface area (Å²) in [6.45, 7) is 7.34. The number of thiophene rings is 1. The molecule has 0 bridgehead atoms. The average Bonchev–Trinajstić information content (AvgIpc) is 3.35. The molecule has 0 spiro atoms. The average molecular weight is 423 g/mol. The van der Waals surface area contributed by atoms with E-state index in [-0.39, 0.29) is 17.2 Å². The molecule has 0 saturated carbocycles. The molecule has 0 radical (unpaired) electrons. The van der Waals surface area contributed by atoms with E-state index in [0.29, 0.717) is 25.9 Å². The second kappa shape index (κ2) is 8.11. The first-order valence-electron chi connectivity index (χ1n) is 10.1. The van der Waals surface area contributed by atoms with Crippen LogP contribution in [0.4, 0.5) is 5.69 Å². The molecule has 0 saturated heterocycles. The van der Waals surface area contributed by atoms with Gasteiger partial charge in [0.1, 0.15) is 11.5 Å². The molecule has 4 rings (SSSR count). The molecule has 2 amide bonds. The van der Waals surface area contributed by atoms with Gasteiger partial charge < -0.3 is 14.6 Å². The van der Waals surface area contributed by atoms with Crippen LogP contribution < -0.4 is 5.32 Å². The van der Waals surface area contributed by atoms with Crippen molar-refractivity contribution in [3.05, 3.63) is 64.0 Å². The van der Waals surface area contributed by atoms with E-state index in [1.807, 2.05) is 73.5 Å². The molecule has 6 heteroatoms. The Morgan fingerprint density at radius 1 is 1.17 bits per heavy atom. The molecule has 30 heavy (non-hydrogen) atoms. The van der Waals surface area contributed by atoms with E-state index in [1.165, 1.54) is 11.3 Å². The van der Waals surface area contributed by atoms with Gasteiger partial charge in [0.05, 0.1) is 4.88 Å². The van der Waals surface area contributed by atoms with Gasteiger partial charge in [-0.05, 0) is 35.1 Å². The fourth-order valence-electron chi connectivity index (χ4n) is 3.64. The first-order chi connectivity index (χ1) is 14.3. The van der Waals surface area contributed by atoms with Gasteiger partial charge in [0.15, 0.2) is 0 Å². The first-order valence-corrected chi connectivity index (χ1v) is 11.0. The highest BCUT2D eigenvalue weighted by atomic mass is 32.1. The number of carbonyl (C=O) groups excluding carboxylic acids is 2. The van der Waals surface area contributed by atoms with E-state index < -0.39 is 0 Å². The van der Waals surface area contributed by atoms with E-state index in [1.54, 1.807) is 0 Å². The van der Waals surface area contributed by atoms with Crippen molar-refractivity contribution in [1.82, 2.24) is 4.90 Å². The summed E-state index contributed by atoms with van der Waals surface area (Å²) in [5, 5.41) is 4.90. The second-order valence-corrected chi connectivity index (χ2v) is 9.83. The SMILES string of the molecule is CC(C)(C)CC(=O)Nc1cccc(-c2cc3c(o2)CCN(C(=O)c2cccs2)C3)c1. The molecule has 0 fully saturated rings. The number of hydrogen-bond acceptors (Lipinski definition) is 4. The van der Waals surface area contributed by atoms with Crippen LogP contribution in [-0.4, -0.2) is 23.3 Å². The summed E-state index contributed by atoms with van der Waals surface area (Å²) in [7, 11) is 0. The molecular weight excluding hydrogens is 396 g/mol. The Morgan fingerprint density at radius 2 is 2.00 bits per heavy atom. The predicted octanol–water partition coefficient (Wildman–Crippen LogP) is 5.58. The van der Waals surface area contributed by atoms with Crippen molar-refractivity contribution < 1.29 is 14.0 Å². The highest BCUT2D eigenvalue weighted by Crippen LogP contribution is 2.31. The number of carbonyl (C=O) groups is 2. The van der Waals surface area contributed by atoms with E-state index in [4.69, 9.17) is 4.42 Å². The van der Waals surface area contributed by atoms with Crippen molar-refractivity contribution in [3.8, 4) is 11.3 Å². The Balaban J connectivity index is 1.49. The minimum atomic E-state index is -0.0613. The van der Waals surface area contributed by atoms with Gasteiger partial charge >= 0.3 is 0 Å². The standard InChI is InChI=1S/C24H26N2O3S/c1-24(2,3)14-22(27)25-18-7-4-6-16(12-18)20-13-17-15-26(10-9-19(17)29-20)23(28)21-8-5-11-30-21/h4-8,11-13H,9-10,14-15H2,1-3H3,(H,25,27). The van der Waals surface area contributed by atoms with Crippen LogP contribution in [0.3, 0.4) is 0 Å². The van der Waals surface area contributed by atoms with Gasteiger partial charge in [0.2, 0.25) is 5.91 Å². The van der Waals surface area contributed by atoms with Gasteiger partial charge in [-0.3, -0.25) is 9.59 Å². The Bertz CT molecular complexity index is 1060. The molecule has 3 aromatic rings. The van der Waals surface area contributed by atoms with Gasteiger partial charge in [0, 0.05) is 42.7 Å². The lowest BCUT2D eigenvalue weighted by Crippen LogP contribution is -2.35. The number of anilines is 1. The summed E-state index contributed by atoms with van der Waals surface area (Å²) < 4.78 is 6.10. The summed E-state index contributed by atoms with van der Waals surface area (Å²) in [4.78, 5) is 27.6. The maximum absolute atomic E-state index is 12.7. The Hall–Kier alpha value is -2.86. The van der Waals surface area contributed by atoms with Crippen LogP contribution in [-0.2, 0) is 17.8 Å². The monoisotopic (exact) mass is 422 g/mol. The third-order valence-electron chi connectivity index (χ3n) is 5.01. The van der Waals surface area contributed by atoms with Crippen molar-refractivity contribution in [1.29, 1.82) is 0 Å². The number of amides is 2. The van der Waals surface area contributed by atoms with Crippen molar-refractivity contribution in [2.24, 2.45) is 5.41 Å². The molecule has 5 nitrogen and oxygen atoms in total. The summed E-state index contributed by atoms with van der Waals surface area (Å²) >= 11 is 1.47. The number of fused-ring (bicyclic) bond motifs is 1. The van der Waals surface area contributed by atoms with Gasteiger partial charge in [-0.2, -0.15) is 0 Å². The maximum atomic E-state index is 12.7. The molecule has 0 aliphatic carbocycles. The third kappa shape index (κ3) is 4.65. The number of hydrogen-bond donors (Lipinski definition) is 1. The predicted molar refractivity (Wildman–Crippen MR) is 120 cm³/mol. The van der Waals surface area contributed by atoms with Gasteiger partial charge in [-0.1, -0.05) is 39.0 Å². The van der Waals surface area contributed by atoms with Crippen molar-refractivity contribution in [2.75, 3.05) is 11.9 Å². The number of nitrogens with zero attached hydrogens (tertiary/aromatic N) is 1. The van der Waals surface area contributed by atoms with E-state index >= 15 is 0 Å². The zero-order valence-corrected chi connectivity index (χ0v) is 18.3. The summed E-state index contributed by atoms with van der Waals surface area (Å²) in [6.07, 6.45) is 1.16. The molecular formula is C24H26N2O3S. The van der Waals surface area contributed by atoms with E-state index in [9.17, 15) is 9.59 Å². The summed E-state index contributed by atoms with van der Waals surface area (Å²) in [5.74, 6) is 1.77. The Kier molecular flexibility index (Phi) is 5.52. The second-order valence-electron chi connectivity index (χ2n) is 8.88. The quantitative estimate of drug-likeness (QED) is 0.597. The first kappa shape index (κ1) is 20.4. The molecule has 1 N–H and O–H groups in total. The van der Waals surface area contributed by atoms with Crippen LogP contribution in [0.15, 0.2) is 52.3 Å². The molecule has 0 unspecified atom stereocenters. The number of rotatable bonds is 4. The van der Waals surface area contributed by atoms with Crippen molar-refractivity contribution >= 4 is 28.8 Å². The van der Waals surface area contributed by atoms with Gasteiger partial charge in [0.25, 0.3) is 5.91 Å². The fraction of sp³-hybridized carbons (Fsp3) is 0.333. The van der Waals surface area contributed by atoms with Gasteiger partial charge in [-0.15, -0.1) is 11.3 Å². The Labute approximate surface area is 180 Å². The summed E-state index contributed by atoms with van der Waals surface area (Å²) in [6, 6.07) is 13.5. The van der Waals surface area contributed by atoms with Crippen molar-refractivity contribution in [3.63, 3.8) is 0 Å². The lowest BCUT2D eigenvalue weighted by Gasteiger charge is -2.25. The number of nitrogens with one attached hydrogen (secondary N) is 1. The zero-order valence-electron chi connectivity index (χ0n) is 17.5. The topological polar surface area (TPSA) is 62.6 Å². The molecule has 0 atom stereocenters. The number of benzene rings is 1. The molecule has 1 aromatic carbocycles. The van der Waals surface area contributed by atoms with Crippen LogP contribution in [0, 0.1) is 5.41 Å². The van der Waals surface area contributed by atoms with Crippen LogP contribution in [0.2, 0.25) is 0 Å². The number of furan rings is 1. The third-order valence-corrected chi connectivity index (χ3v) is 5.87. The maximum Gasteiger partial charge on any atom is 0.264 e. The van der Waals surface area contributed by atoms with Crippen LogP contribution in [0.5, 0.6) is 0 Å². The molecule has 156 valence electrons. The fourth-order valence-corrected chi connectivity index (χ4v) is 4.33. The highest BCUT2D eigenvalue weighted by Gasteiger charge is 2.25. The zero-order chi connectivity index (χ0) is 21.3. The van der Waals surface area contributed by atoms with Crippen molar-refractivity contribution in [2.45, 2.75) is 40.2 Å². The normalized spacial score (nSPS) is 13.8. The molecule has 3 heterocycles. The minimum absolute atomic E-state index is 0.00104. The Morgan fingerprint density at radius 3 is 2.73 bits per heavy atom.